The lowest BCUT2D eigenvalue weighted by Crippen LogP contribution is -2.33. The number of oxime groups is 1. The van der Waals surface area contributed by atoms with Crippen LogP contribution in [0.3, 0.4) is 0 Å². The number of alkyl halides is 5. The van der Waals surface area contributed by atoms with Gasteiger partial charge in [0.1, 0.15) is 17.4 Å². The molecule has 2 atom stereocenters. The number of hydrogen-bond donors (Lipinski definition) is 1. The highest BCUT2D eigenvalue weighted by molar-refractivity contribution is 6.34. The Hall–Kier alpha value is -2.26. The van der Waals surface area contributed by atoms with Crippen molar-refractivity contribution in [2.24, 2.45) is 11.1 Å². The van der Waals surface area contributed by atoms with Gasteiger partial charge in [-0.05, 0) is 35.9 Å². The smallest absolute Gasteiger partial charge is 0.401 e. The number of nitrogen functional groups attached to an aromatic ring is 1. The van der Waals surface area contributed by atoms with Crippen LogP contribution in [0, 0.1) is 5.92 Å². The summed E-state index contributed by atoms with van der Waals surface area (Å²) in [4.78, 5) is 5.04. The van der Waals surface area contributed by atoms with Crippen molar-refractivity contribution >= 4 is 34.6 Å². The molecule has 28 heavy (non-hydrogen) atoms. The summed E-state index contributed by atoms with van der Waals surface area (Å²) >= 11 is 11.7. The molecule has 2 N–H and O–H groups in total. The molecule has 0 aromatic heterocycles. The van der Waals surface area contributed by atoms with Crippen LogP contribution in [-0.4, -0.2) is 18.5 Å². The van der Waals surface area contributed by atoms with Crippen LogP contribution in [0.4, 0.5) is 27.6 Å². The van der Waals surface area contributed by atoms with Crippen molar-refractivity contribution < 1.29 is 31.5 Å². The topological polar surface area (TPSA) is 56.8 Å². The van der Waals surface area contributed by atoms with Crippen LogP contribution in [0.1, 0.15) is 17.2 Å². The van der Waals surface area contributed by atoms with Crippen LogP contribution in [0.2, 0.25) is 10.0 Å². The van der Waals surface area contributed by atoms with Gasteiger partial charge < -0.3 is 15.3 Å². The first-order chi connectivity index (χ1) is 13.1. The quantitative estimate of drug-likeness (QED) is 0.480. The Morgan fingerprint density at radius 2 is 1.71 bits per heavy atom. The monoisotopic (exact) mass is 440 g/mol. The maximum absolute atomic E-state index is 13.8. The van der Waals surface area contributed by atoms with Gasteiger partial charge in [-0.2, -0.15) is 22.0 Å². The van der Waals surface area contributed by atoms with Crippen molar-refractivity contribution in [2.45, 2.75) is 18.9 Å². The van der Waals surface area contributed by atoms with Crippen molar-refractivity contribution in [3.05, 3.63) is 57.6 Å². The maximum atomic E-state index is 13.8. The molecule has 0 fully saturated rings. The van der Waals surface area contributed by atoms with E-state index in [1.165, 1.54) is 24.3 Å². The highest BCUT2D eigenvalue weighted by Gasteiger charge is 2.53. The van der Waals surface area contributed by atoms with Gasteiger partial charge in [0.2, 0.25) is 0 Å². The molecule has 0 spiro atoms. The molecule has 4 nitrogen and oxygen atoms in total. The summed E-state index contributed by atoms with van der Waals surface area (Å²) in [5.41, 5.74) is 4.80. The lowest BCUT2D eigenvalue weighted by molar-refractivity contribution is -0.177. The molecule has 2 aromatic carbocycles. The van der Waals surface area contributed by atoms with Gasteiger partial charge in [-0.25, -0.2) is 0 Å². The highest BCUT2D eigenvalue weighted by atomic mass is 35.5. The Balaban J connectivity index is 2.02. The van der Waals surface area contributed by atoms with E-state index in [1.807, 2.05) is 0 Å². The van der Waals surface area contributed by atoms with Gasteiger partial charge in [-0.15, -0.1) is 0 Å². The van der Waals surface area contributed by atoms with E-state index >= 15 is 0 Å². The predicted molar refractivity (Wildman–Crippen MR) is 93.9 cm³/mol. The van der Waals surface area contributed by atoms with Crippen molar-refractivity contribution in [1.82, 2.24) is 0 Å². The molecule has 11 heteroatoms. The molecule has 0 saturated carbocycles. The van der Waals surface area contributed by atoms with Gasteiger partial charge in [0.15, 0.2) is 6.10 Å². The molecule has 0 amide bonds. The van der Waals surface area contributed by atoms with Crippen molar-refractivity contribution in [3.8, 4) is 5.75 Å². The largest absolute Gasteiger partial charge is 0.433 e. The number of nitrogens with zero attached hydrogens (tertiary/aromatic N) is 1. The molecule has 2 aromatic rings. The van der Waals surface area contributed by atoms with Gasteiger partial charge in [-0.1, -0.05) is 34.4 Å². The second-order valence-corrected chi connectivity index (χ2v) is 6.73. The number of nitrogens with two attached hydrogens (primary N) is 1. The Morgan fingerprint density at radius 3 is 2.29 bits per heavy atom. The molecule has 2 unspecified atom stereocenters. The molecule has 0 radical (unpaired) electrons. The summed E-state index contributed by atoms with van der Waals surface area (Å²) in [6, 6.07) is 7.23. The summed E-state index contributed by atoms with van der Waals surface area (Å²) in [5.74, 6) is -2.66. The molecule has 0 aliphatic carbocycles. The Labute approximate surface area is 165 Å². The van der Waals surface area contributed by atoms with Crippen molar-refractivity contribution in [1.29, 1.82) is 0 Å². The van der Waals surface area contributed by atoms with E-state index in [0.29, 0.717) is 0 Å². The Bertz CT molecular complexity index is 901. The van der Waals surface area contributed by atoms with Gasteiger partial charge in [0, 0.05) is 15.6 Å². The average molecular weight is 441 g/mol. The zero-order chi connectivity index (χ0) is 20.6. The van der Waals surface area contributed by atoms with Crippen molar-refractivity contribution in [2.75, 3.05) is 5.73 Å². The summed E-state index contributed by atoms with van der Waals surface area (Å²) in [6.07, 6.45) is -6.32. The molecule has 1 aliphatic heterocycles. The van der Waals surface area contributed by atoms with Gasteiger partial charge >= 0.3 is 12.8 Å². The predicted octanol–water partition coefficient (Wildman–Crippen LogP) is 5.83. The van der Waals surface area contributed by atoms with Crippen LogP contribution >= 0.6 is 23.2 Å². The fourth-order valence-corrected chi connectivity index (χ4v) is 3.36. The third-order valence-corrected chi connectivity index (χ3v) is 4.39. The Morgan fingerprint density at radius 1 is 1.07 bits per heavy atom. The van der Waals surface area contributed by atoms with E-state index in [-0.39, 0.29) is 26.9 Å². The molecular formula is C17H11Cl2F5N2O2. The second kappa shape index (κ2) is 7.63. The van der Waals surface area contributed by atoms with Crippen LogP contribution in [0.5, 0.6) is 5.75 Å². The van der Waals surface area contributed by atoms with Crippen molar-refractivity contribution in [3.63, 3.8) is 0 Å². The maximum Gasteiger partial charge on any atom is 0.401 e. The van der Waals surface area contributed by atoms with Crippen LogP contribution in [0.15, 0.2) is 41.6 Å². The summed E-state index contributed by atoms with van der Waals surface area (Å²) < 4.78 is 70.7. The molecular weight excluding hydrogens is 430 g/mol. The summed E-state index contributed by atoms with van der Waals surface area (Å²) in [7, 11) is 0. The molecule has 3 rings (SSSR count). The van der Waals surface area contributed by atoms with Crippen LogP contribution < -0.4 is 10.5 Å². The highest BCUT2D eigenvalue weighted by Crippen LogP contribution is 2.46. The zero-order valence-electron chi connectivity index (χ0n) is 13.7. The van der Waals surface area contributed by atoms with Gasteiger partial charge in [0.25, 0.3) is 0 Å². The molecule has 0 bridgehead atoms. The fraction of sp³-hybridized carbons (Fsp3) is 0.235. The SMILES string of the molecule is Nc1ccc(C2=NOC(c3cc(Cl)cc(Cl)c3)C2C(F)(F)F)cc1OC(F)F. The normalized spacial score (nSPS) is 19.5. The first kappa shape index (κ1) is 20.5. The number of hydrogen-bond acceptors (Lipinski definition) is 4. The van der Waals surface area contributed by atoms with E-state index in [4.69, 9.17) is 33.8 Å². The minimum atomic E-state index is -4.76. The van der Waals surface area contributed by atoms with E-state index in [9.17, 15) is 22.0 Å². The third-order valence-electron chi connectivity index (χ3n) is 3.95. The number of ether oxygens (including phenoxy) is 1. The summed E-state index contributed by atoms with van der Waals surface area (Å²) in [5, 5.41) is 3.80. The first-order valence-electron chi connectivity index (χ1n) is 7.67. The van der Waals surface area contributed by atoms with Crippen LogP contribution in [-0.2, 0) is 4.84 Å². The number of rotatable bonds is 4. The molecule has 1 heterocycles. The fourth-order valence-electron chi connectivity index (χ4n) is 2.82. The minimum Gasteiger partial charge on any atom is -0.433 e. The van der Waals surface area contributed by atoms with E-state index in [2.05, 4.69) is 9.89 Å². The number of benzene rings is 2. The molecule has 1 aliphatic rings. The van der Waals surface area contributed by atoms with E-state index in [0.717, 1.165) is 12.1 Å². The lowest BCUT2D eigenvalue weighted by atomic mass is 9.88. The number of halogens is 7. The third kappa shape index (κ3) is 4.25. The van der Waals surface area contributed by atoms with Gasteiger partial charge in [0.05, 0.1) is 5.69 Å². The summed E-state index contributed by atoms with van der Waals surface area (Å²) in [6.45, 7) is -3.20. The lowest BCUT2D eigenvalue weighted by Gasteiger charge is -2.22. The minimum absolute atomic E-state index is 0.0677. The Kier molecular flexibility index (Phi) is 5.58. The number of anilines is 1. The van der Waals surface area contributed by atoms with Crippen LogP contribution in [0.25, 0.3) is 0 Å². The van der Waals surface area contributed by atoms with E-state index < -0.39 is 36.3 Å². The van der Waals surface area contributed by atoms with E-state index in [1.54, 1.807) is 0 Å². The second-order valence-electron chi connectivity index (χ2n) is 5.86. The van der Waals surface area contributed by atoms with Gasteiger partial charge in [-0.3, -0.25) is 0 Å². The zero-order valence-corrected chi connectivity index (χ0v) is 15.2. The standard InChI is InChI=1S/C17H11Cl2F5N2O2/c18-9-3-8(4-10(19)6-9)15-13(17(22,23)24)14(26-28-15)7-1-2-11(25)12(5-7)27-16(20)21/h1-6,13,15-16H,25H2. The molecule has 0 saturated heterocycles. The first-order valence-corrected chi connectivity index (χ1v) is 8.43. The average Bonchev–Trinajstić information content (AvgIpc) is 3.01. The molecule has 150 valence electrons.